The molecule has 0 bridgehead atoms. The molecule has 0 spiro atoms. The molecule has 1 atom stereocenters. The zero-order valence-electron chi connectivity index (χ0n) is 16.3. The number of aryl methyl sites for hydroxylation is 3. The molecule has 0 aromatic carbocycles. The van der Waals surface area contributed by atoms with E-state index in [1.807, 2.05) is 17.9 Å². The van der Waals surface area contributed by atoms with Crippen molar-refractivity contribution in [3.05, 3.63) is 27.6 Å². The first-order chi connectivity index (χ1) is 12.5. The van der Waals surface area contributed by atoms with Crippen LogP contribution in [0.4, 0.5) is 0 Å². The second kappa shape index (κ2) is 8.49. The van der Waals surface area contributed by atoms with Crippen molar-refractivity contribution in [3.8, 4) is 11.3 Å². The third-order valence-corrected chi connectivity index (χ3v) is 6.86. The maximum Gasteiger partial charge on any atom is 0.173 e. The molecule has 2 aromatic heterocycles. The standard InChI is InChI=1S/C21H31N3OS/c1-14-13-23-24(3)21(14)18-11-20(26-15(18)2)19(25)10-17(12-22)9-16-7-5-4-6-8-16/h11,13,16-17H,4-10,12,22H2,1-3H3/t17-/m1/s1. The lowest BCUT2D eigenvalue weighted by Gasteiger charge is -2.25. The van der Waals surface area contributed by atoms with Crippen molar-refractivity contribution in [1.82, 2.24) is 9.78 Å². The average Bonchev–Trinajstić information content (AvgIpc) is 3.17. The van der Waals surface area contributed by atoms with Gasteiger partial charge in [0.25, 0.3) is 0 Å². The summed E-state index contributed by atoms with van der Waals surface area (Å²) in [6.45, 7) is 4.77. The molecule has 2 heterocycles. The van der Waals surface area contributed by atoms with Gasteiger partial charge in [-0.05, 0) is 50.3 Å². The molecule has 142 valence electrons. The number of aromatic nitrogens is 2. The quantitative estimate of drug-likeness (QED) is 0.703. The summed E-state index contributed by atoms with van der Waals surface area (Å²) in [7, 11) is 1.95. The maximum atomic E-state index is 12.9. The minimum atomic E-state index is 0.246. The Bertz CT molecular complexity index is 736. The Labute approximate surface area is 160 Å². The number of nitrogens with two attached hydrogens (primary N) is 1. The molecule has 0 radical (unpaired) electrons. The fourth-order valence-electron chi connectivity index (χ4n) is 4.31. The Morgan fingerprint density at radius 3 is 2.69 bits per heavy atom. The molecule has 5 heteroatoms. The van der Waals surface area contributed by atoms with Gasteiger partial charge in [0.05, 0.1) is 16.8 Å². The van der Waals surface area contributed by atoms with Crippen molar-refractivity contribution in [2.75, 3.05) is 6.54 Å². The SMILES string of the molecule is Cc1cnn(C)c1-c1cc(C(=O)C[C@H](CN)CC2CCCCC2)sc1C. The van der Waals surface area contributed by atoms with Gasteiger partial charge in [0.2, 0.25) is 0 Å². The molecule has 4 nitrogen and oxygen atoms in total. The topological polar surface area (TPSA) is 60.9 Å². The van der Waals surface area contributed by atoms with Crippen LogP contribution in [-0.4, -0.2) is 22.1 Å². The second-order valence-corrected chi connectivity index (χ2v) is 9.11. The van der Waals surface area contributed by atoms with Crippen LogP contribution in [0.15, 0.2) is 12.3 Å². The highest BCUT2D eigenvalue weighted by Gasteiger charge is 2.23. The van der Waals surface area contributed by atoms with E-state index in [1.165, 1.54) is 37.0 Å². The van der Waals surface area contributed by atoms with E-state index in [0.29, 0.717) is 18.9 Å². The summed E-state index contributed by atoms with van der Waals surface area (Å²) < 4.78 is 1.89. The largest absolute Gasteiger partial charge is 0.330 e. The molecule has 1 aliphatic rings. The summed E-state index contributed by atoms with van der Waals surface area (Å²) in [4.78, 5) is 14.9. The van der Waals surface area contributed by atoms with Gasteiger partial charge in [-0.15, -0.1) is 11.3 Å². The lowest BCUT2D eigenvalue weighted by Crippen LogP contribution is -2.22. The number of ketones is 1. The van der Waals surface area contributed by atoms with Crippen LogP contribution in [0.5, 0.6) is 0 Å². The number of nitrogens with zero attached hydrogens (tertiary/aromatic N) is 2. The lowest BCUT2D eigenvalue weighted by molar-refractivity contribution is 0.0957. The van der Waals surface area contributed by atoms with E-state index < -0.39 is 0 Å². The van der Waals surface area contributed by atoms with Crippen molar-refractivity contribution in [2.45, 2.75) is 58.8 Å². The highest BCUT2D eigenvalue weighted by molar-refractivity contribution is 7.14. The molecule has 1 aliphatic carbocycles. The van der Waals surface area contributed by atoms with Crippen LogP contribution in [0.3, 0.4) is 0 Å². The smallest absolute Gasteiger partial charge is 0.173 e. The molecule has 2 aromatic rings. The summed E-state index contributed by atoms with van der Waals surface area (Å²) in [6.07, 6.45) is 10.2. The maximum absolute atomic E-state index is 12.9. The summed E-state index contributed by atoms with van der Waals surface area (Å²) in [5, 5.41) is 4.33. The van der Waals surface area contributed by atoms with Crippen LogP contribution in [0.25, 0.3) is 11.3 Å². The van der Waals surface area contributed by atoms with Crippen molar-refractivity contribution < 1.29 is 4.79 Å². The van der Waals surface area contributed by atoms with E-state index in [4.69, 9.17) is 5.73 Å². The van der Waals surface area contributed by atoms with Gasteiger partial charge >= 0.3 is 0 Å². The van der Waals surface area contributed by atoms with Gasteiger partial charge in [0.1, 0.15) is 0 Å². The minimum Gasteiger partial charge on any atom is -0.330 e. The monoisotopic (exact) mass is 373 g/mol. The molecular weight excluding hydrogens is 342 g/mol. The molecule has 1 saturated carbocycles. The van der Waals surface area contributed by atoms with E-state index >= 15 is 0 Å². The van der Waals surface area contributed by atoms with Crippen molar-refractivity contribution >= 4 is 17.1 Å². The minimum absolute atomic E-state index is 0.246. The van der Waals surface area contributed by atoms with Gasteiger partial charge in [-0.25, -0.2) is 0 Å². The summed E-state index contributed by atoms with van der Waals surface area (Å²) >= 11 is 1.61. The number of carbonyl (C=O) groups is 1. The van der Waals surface area contributed by atoms with Gasteiger partial charge in [-0.1, -0.05) is 32.1 Å². The Balaban J connectivity index is 1.70. The van der Waals surface area contributed by atoms with E-state index in [2.05, 4.69) is 25.0 Å². The van der Waals surface area contributed by atoms with Crippen LogP contribution < -0.4 is 5.73 Å². The third kappa shape index (κ3) is 4.26. The fourth-order valence-corrected chi connectivity index (χ4v) is 5.28. The second-order valence-electron chi connectivity index (χ2n) is 7.85. The molecule has 0 saturated heterocycles. The molecule has 0 aliphatic heterocycles. The number of thiophene rings is 1. The molecule has 2 N–H and O–H groups in total. The molecular formula is C21H31N3OS. The number of Topliss-reactive ketones (excluding diaryl/α,β-unsaturated/α-hetero) is 1. The van der Waals surface area contributed by atoms with Crippen LogP contribution in [0.1, 0.15) is 65.1 Å². The number of rotatable bonds is 7. The average molecular weight is 374 g/mol. The van der Waals surface area contributed by atoms with Gasteiger partial charge in [0.15, 0.2) is 5.78 Å². The Morgan fingerprint density at radius 2 is 2.08 bits per heavy atom. The third-order valence-electron chi connectivity index (χ3n) is 5.77. The van der Waals surface area contributed by atoms with Crippen molar-refractivity contribution in [3.63, 3.8) is 0 Å². The highest BCUT2D eigenvalue weighted by Crippen LogP contribution is 2.35. The predicted octanol–water partition coefficient (Wildman–Crippen LogP) is 4.88. The fraction of sp³-hybridized carbons (Fsp3) is 0.619. The van der Waals surface area contributed by atoms with Gasteiger partial charge in [-0.3, -0.25) is 9.48 Å². The van der Waals surface area contributed by atoms with Crippen LogP contribution in [0, 0.1) is 25.7 Å². The molecule has 0 unspecified atom stereocenters. The predicted molar refractivity (Wildman–Crippen MR) is 109 cm³/mol. The Hall–Kier alpha value is -1.46. The van der Waals surface area contributed by atoms with Crippen LogP contribution in [-0.2, 0) is 7.05 Å². The Kier molecular flexibility index (Phi) is 6.30. The van der Waals surface area contributed by atoms with Crippen LogP contribution >= 0.6 is 11.3 Å². The summed E-state index contributed by atoms with van der Waals surface area (Å²) in [5.74, 6) is 1.33. The first kappa shape index (κ1) is 19.3. The molecule has 3 rings (SSSR count). The van der Waals surface area contributed by atoms with E-state index in [1.54, 1.807) is 11.3 Å². The van der Waals surface area contributed by atoms with E-state index in [0.717, 1.165) is 34.0 Å². The van der Waals surface area contributed by atoms with Crippen LogP contribution in [0.2, 0.25) is 0 Å². The number of carbonyl (C=O) groups excluding carboxylic acids is 1. The first-order valence-corrected chi connectivity index (χ1v) is 10.6. The van der Waals surface area contributed by atoms with Gasteiger partial charge < -0.3 is 5.73 Å². The first-order valence-electron chi connectivity index (χ1n) is 9.82. The van der Waals surface area contributed by atoms with Crippen molar-refractivity contribution in [1.29, 1.82) is 0 Å². The molecule has 26 heavy (non-hydrogen) atoms. The van der Waals surface area contributed by atoms with E-state index in [-0.39, 0.29) is 5.78 Å². The van der Waals surface area contributed by atoms with Crippen molar-refractivity contribution in [2.24, 2.45) is 24.6 Å². The molecule has 0 amide bonds. The number of hydrogen-bond acceptors (Lipinski definition) is 4. The summed E-state index contributed by atoms with van der Waals surface area (Å²) in [6, 6.07) is 2.06. The van der Waals surface area contributed by atoms with E-state index in [9.17, 15) is 4.79 Å². The summed E-state index contributed by atoms with van der Waals surface area (Å²) in [5.41, 5.74) is 9.39. The van der Waals surface area contributed by atoms with Gasteiger partial charge in [0, 0.05) is 23.9 Å². The highest BCUT2D eigenvalue weighted by atomic mass is 32.1. The normalized spacial score (nSPS) is 16.8. The zero-order valence-corrected chi connectivity index (χ0v) is 17.1. The Morgan fingerprint density at radius 1 is 1.35 bits per heavy atom. The molecule has 1 fully saturated rings. The number of hydrogen-bond donors (Lipinski definition) is 1. The van der Waals surface area contributed by atoms with Gasteiger partial charge in [-0.2, -0.15) is 5.10 Å². The lowest BCUT2D eigenvalue weighted by atomic mass is 9.81. The zero-order chi connectivity index (χ0) is 18.7.